The standard InChI is InChI=1S/C19H25N3O3S/c1-6-20-18-21-11(2)16(26-18)17(23)22-14-10-19(3,4)25-15-8-7-12(24-5)9-13(14)15/h7-9,14H,6,10H2,1-5H3,(H,20,21)(H,22,23)/t14-/m0/s1. The number of nitrogens with one attached hydrogen (secondary N) is 2. The van der Waals surface area contributed by atoms with Crippen molar-refractivity contribution in [3.63, 3.8) is 0 Å². The van der Waals surface area contributed by atoms with Crippen LogP contribution in [0.15, 0.2) is 18.2 Å². The highest BCUT2D eigenvalue weighted by Crippen LogP contribution is 2.41. The van der Waals surface area contributed by atoms with E-state index in [1.54, 1.807) is 7.11 Å². The highest BCUT2D eigenvalue weighted by molar-refractivity contribution is 7.17. The summed E-state index contributed by atoms with van der Waals surface area (Å²) in [7, 11) is 1.63. The topological polar surface area (TPSA) is 72.5 Å². The van der Waals surface area contributed by atoms with Crippen LogP contribution in [0.2, 0.25) is 0 Å². The molecule has 0 saturated heterocycles. The Kier molecular flexibility index (Phi) is 5.09. The summed E-state index contributed by atoms with van der Waals surface area (Å²) >= 11 is 1.38. The average molecular weight is 375 g/mol. The zero-order chi connectivity index (χ0) is 18.9. The first kappa shape index (κ1) is 18.5. The molecule has 2 aromatic rings. The van der Waals surface area contributed by atoms with Gasteiger partial charge < -0.3 is 20.1 Å². The minimum atomic E-state index is -0.364. The highest BCUT2D eigenvalue weighted by atomic mass is 32.1. The van der Waals surface area contributed by atoms with E-state index in [0.29, 0.717) is 11.3 Å². The molecule has 0 bridgehead atoms. The molecule has 1 aliphatic rings. The third-order valence-electron chi connectivity index (χ3n) is 4.31. The van der Waals surface area contributed by atoms with Gasteiger partial charge in [-0.1, -0.05) is 11.3 Å². The van der Waals surface area contributed by atoms with Gasteiger partial charge in [-0.2, -0.15) is 0 Å². The molecule has 0 fully saturated rings. The predicted octanol–water partition coefficient (Wildman–Crippen LogP) is 3.92. The molecule has 0 spiro atoms. The van der Waals surface area contributed by atoms with Crippen molar-refractivity contribution < 1.29 is 14.3 Å². The summed E-state index contributed by atoms with van der Waals surface area (Å²) in [6.45, 7) is 8.69. The molecule has 1 atom stereocenters. The van der Waals surface area contributed by atoms with Crippen molar-refractivity contribution in [2.24, 2.45) is 0 Å². The lowest BCUT2D eigenvalue weighted by Crippen LogP contribution is -2.41. The van der Waals surface area contributed by atoms with Gasteiger partial charge in [-0.15, -0.1) is 0 Å². The zero-order valence-corrected chi connectivity index (χ0v) is 16.6. The Morgan fingerprint density at radius 1 is 1.46 bits per heavy atom. The molecular weight excluding hydrogens is 350 g/mol. The first-order valence-corrected chi connectivity index (χ1v) is 9.53. The number of rotatable bonds is 5. The van der Waals surface area contributed by atoms with Crippen molar-refractivity contribution in [3.05, 3.63) is 34.3 Å². The fraction of sp³-hybridized carbons (Fsp3) is 0.474. The van der Waals surface area contributed by atoms with Gasteiger partial charge in [0.2, 0.25) is 0 Å². The molecule has 26 heavy (non-hydrogen) atoms. The third-order valence-corrected chi connectivity index (χ3v) is 5.42. The van der Waals surface area contributed by atoms with Crippen molar-refractivity contribution in [2.75, 3.05) is 19.0 Å². The smallest absolute Gasteiger partial charge is 0.263 e. The van der Waals surface area contributed by atoms with Crippen molar-refractivity contribution in [1.82, 2.24) is 10.3 Å². The van der Waals surface area contributed by atoms with E-state index in [1.165, 1.54) is 11.3 Å². The SMILES string of the molecule is CCNc1nc(C)c(C(=O)N[C@H]2CC(C)(C)Oc3ccc(OC)cc32)s1. The number of hydrogen-bond acceptors (Lipinski definition) is 6. The van der Waals surface area contributed by atoms with Crippen LogP contribution in [0.25, 0.3) is 0 Å². The fourth-order valence-corrected chi connectivity index (χ4v) is 4.08. The maximum Gasteiger partial charge on any atom is 0.263 e. The molecule has 0 aliphatic carbocycles. The second kappa shape index (κ2) is 7.15. The highest BCUT2D eigenvalue weighted by Gasteiger charge is 2.35. The van der Waals surface area contributed by atoms with Crippen LogP contribution in [0.3, 0.4) is 0 Å². The van der Waals surface area contributed by atoms with Crippen molar-refractivity contribution in [1.29, 1.82) is 0 Å². The van der Waals surface area contributed by atoms with Gasteiger partial charge in [0.1, 0.15) is 22.0 Å². The maximum atomic E-state index is 12.9. The van der Waals surface area contributed by atoms with Crippen LogP contribution < -0.4 is 20.1 Å². The molecule has 0 radical (unpaired) electrons. The number of thiazole rings is 1. The lowest BCUT2D eigenvalue weighted by molar-refractivity contribution is 0.0619. The summed E-state index contributed by atoms with van der Waals surface area (Å²) in [5.41, 5.74) is 1.31. The second-order valence-corrected chi connectivity index (χ2v) is 7.96. The molecule has 1 aliphatic heterocycles. The number of hydrogen-bond donors (Lipinski definition) is 2. The summed E-state index contributed by atoms with van der Waals surface area (Å²) in [5, 5.41) is 7.09. The molecule has 2 N–H and O–H groups in total. The Hall–Kier alpha value is -2.28. The number of carbonyl (C=O) groups is 1. The van der Waals surface area contributed by atoms with Gasteiger partial charge in [-0.25, -0.2) is 4.98 Å². The number of aromatic nitrogens is 1. The van der Waals surface area contributed by atoms with Gasteiger partial charge >= 0.3 is 0 Å². The molecule has 3 rings (SSSR count). The van der Waals surface area contributed by atoms with Gasteiger partial charge in [-0.05, 0) is 45.9 Å². The Bertz CT molecular complexity index is 816. The first-order valence-electron chi connectivity index (χ1n) is 8.72. The van der Waals surface area contributed by atoms with E-state index < -0.39 is 0 Å². The number of amides is 1. The average Bonchev–Trinajstić information content (AvgIpc) is 2.94. The first-order chi connectivity index (χ1) is 12.3. The van der Waals surface area contributed by atoms with Crippen molar-refractivity contribution in [3.8, 4) is 11.5 Å². The lowest BCUT2D eigenvalue weighted by atomic mass is 9.89. The van der Waals surface area contributed by atoms with Crippen LogP contribution in [-0.4, -0.2) is 30.1 Å². The number of carbonyl (C=O) groups excluding carboxylic acids is 1. The Labute approximate surface area is 157 Å². The second-order valence-electron chi connectivity index (χ2n) is 6.96. The quantitative estimate of drug-likeness (QED) is 0.829. The largest absolute Gasteiger partial charge is 0.497 e. The van der Waals surface area contributed by atoms with E-state index in [4.69, 9.17) is 9.47 Å². The number of benzene rings is 1. The van der Waals surface area contributed by atoms with Crippen LogP contribution in [-0.2, 0) is 0 Å². The monoisotopic (exact) mass is 375 g/mol. The molecule has 0 unspecified atom stereocenters. The number of methoxy groups -OCH3 is 1. The van der Waals surface area contributed by atoms with E-state index in [9.17, 15) is 4.79 Å². The van der Waals surface area contributed by atoms with Gasteiger partial charge in [-0.3, -0.25) is 4.79 Å². The predicted molar refractivity (Wildman–Crippen MR) is 104 cm³/mol. The maximum absolute atomic E-state index is 12.9. The summed E-state index contributed by atoms with van der Waals surface area (Å²) in [5.74, 6) is 1.41. The van der Waals surface area contributed by atoms with Crippen molar-refractivity contribution in [2.45, 2.75) is 45.8 Å². The molecule has 1 amide bonds. The molecule has 1 aromatic heterocycles. The van der Waals surface area contributed by atoms with Crippen LogP contribution in [0.4, 0.5) is 5.13 Å². The molecule has 140 valence electrons. The van der Waals surface area contributed by atoms with Gasteiger partial charge in [0.15, 0.2) is 5.13 Å². The van der Waals surface area contributed by atoms with Gasteiger partial charge in [0.05, 0.1) is 18.8 Å². The molecule has 2 heterocycles. The fourth-order valence-electron chi connectivity index (χ4n) is 3.15. The van der Waals surface area contributed by atoms with E-state index in [1.807, 2.05) is 45.9 Å². The Morgan fingerprint density at radius 2 is 2.23 bits per heavy atom. The van der Waals surface area contributed by atoms with Crippen LogP contribution >= 0.6 is 11.3 Å². The van der Waals surface area contributed by atoms with E-state index in [0.717, 1.165) is 34.4 Å². The number of ether oxygens (including phenoxy) is 2. The minimum Gasteiger partial charge on any atom is -0.497 e. The summed E-state index contributed by atoms with van der Waals surface area (Å²) in [4.78, 5) is 17.9. The Morgan fingerprint density at radius 3 is 2.92 bits per heavy atom. The molecule has 6 nitrogen and oxygen atoms in total. The zero-order valence-electron chi connectivity index (χ0n) is 15.8. The summed E-state index contributed by atoms with van der Waals surface area (Å²) < 4.78 is 11.4. The van der Waals surface area contributed by atoms with Crippen LogP contribution in [0, 0.1) is 6.92 Å². The number of fused-ring (bicyclic) bond motifs is 1. The normalized spacial score (nSPS) is 17.8. The van der Waals surface area contributed by atoms with Gasteiger partial charge in [0, 0.05) is 18.5 Å². The molecule has 1 aromatic carbocycles. The van der Waals surface area contributed by atoms with E-state index in [2.05, 4.69) is 15.6 Å². The number of anilines is 1. The van der Waals surface area contributed by atoms with E-state index >= 15 is 0 Å². The summed E-state index contributed by atoms with van der Waals surface area (Å²) in [6.07, 6.45) is 0.677. The number of nitrogens with zero attached hydrogens (tertiary/aromatic N) is 1. The van der Waals surface area contributed by atoms with Gasteiger partial charge in [0.25, 0.3) is 5.91 Å². The van der Waals surface area contributed by atoms with Crippen LogP contribution in [0.1, 0.15) is 54.2 Å². The molecule has 0 saturated carbocycles. The molecular formula is C19H25N3O3S. The van der Waals surface area contributed by atoms with Crippen LogP contribution in [0.5, 0.6) is 11.5 Å². The third kappa shape index (κ3) is 3.77. The number of aryl methyl sites for hydroxylation is 1. The van der Waals surface area contributed by atoms with E-state index in [-0.39, 0.29) is 17.6 Å². The lowest BCUT2D eigenvalue weighted by Gasteiger charge is -2.38. The van der Waals surface area contributed by atoms with Crippen molar-refractivity contribution >= 4 is 22.4 Å². The summed E-state index contributed by atoms with van der Waals surface area (Å²) in [6, 6.07) is 5.55. The molecule has 7 heteroatoms. The minimum absolute atomic E-state index is 0.111. The Balaban J connectivity index is 1.88.